The third-order valence-electron chi connectivity index (χ3n) is 4.05. The number of hydrogen-bond acceptors (Lipinski definition) is 3. The number of ether oxygens (including phenoxy) is 1. The van der Waals surface area contributed by atoms with Crippen LogP contribution in [-0.2, 0) is 6.54 Å². The predicted octanol–water partition coefficient (Wildman–Crippen LogP) is 4.25. The Kier molecular flexibility index (Phi) is 5.09. The number of carbonyl (C=O) groups is 1. The number of methoxy groups -OCH3 is 1. The molecule has 3 aromatic rings. The Balaban J connectivity index is 2.02. The number of rotatable bonds is 5. The molecule has 4 heteroatoms. The van der Waals surface area contributed by atoms with Gasteiger partial charge in [0, 0.05) is 29.7 Å². The summed E-state index contributed by atoms with van der Waals surface area (Å²) in [5.41, 5.74) is 3.39. The highest BCUT2D eigenvalue weighted by Crippen LogP contribution is 2.25. The average molecular weight is 332 g/mol. The summed E-state index contributed by atoms with van der Waals surface area (Å²) in [6.07, 6.45) is 3.50. The molecule has 0 radical (unpaired) electrons. The van der Waals surface area contributed by atoms with Crippen molar-refractivity contribution in [3.05, 3.63) is 89.7 Å². The molecule has 0 atom stereocenters. The number of aromatic nitrogens is 1. The molecule has 0 saturated heterocycles. The maximum Gasteiger partial charge on any atom is 0.258 e. The standard InChI is InChI=1S/C21H20N2O2/c1-16-7-3-4-11-20(16)21(24)23(15-17-8-6-12-22-14-17)18-9-5-10-19(13-18)25-2/h3-14H,15H2,1-2H3. The largest absolute Gasteiger partial charge is 0.497 e. The Morgan fingerprint density at radius 3 is 2.64 bits per heavy atom. The first kappa shape index (κ1) is 16.7. The SMILES string of the molecule is COc1cccc(N(Cc2cccnc2)C(=O)c2ccccc2C)c1. The minimum absolute atomic E-state index is 0.0461. The zero-order valence-electron chi connectivity index (χ0n) is 14.3. The Morgan fingerprint density at radius 2 is 1.92 bits per heavy atom. The van der Waals surface area contributed by atoms with Crippen LogP contribution in [0.15, 0.2) is 73.1 Å². The third kappa shape index (κ3) is 3.86. The summed E-state index contributed by atoms with van der Waals surface area (Å²) in [7, 11) is 1.62. The molecule has 1 aromatic heterocycles. The average Bonchev–Trinajstić information content (AvgIpc) is 2.67. The second kappa shape index (κ2) is 7.62. The van der Waals surface area contributed by atoms with Crippen LogP contribution in [0.4, 0.5) is 5.69 Å². The lowest BCUT2D eigenvalue weighted by molar-refractivity contribution is 0.0984. The molecule has 0 N–H and O–H groups in total. The first-order chi connectivity index (χ1) is 12.2. The number of amides is 1. The van der Waals surface area contributed by atoms with E-state index in [-0.39, 0.29) is 5.91 Å². The van der Waals surface area contributed by atoms with E-state index in [1.54, 1.807) is 24.4 Å². The smallest absolute Gasteiger partial charge is 0.258 e. The lowest BCUT2D eigenvalue weighted by Gasteiger charge is -2.24. The molecule has 0 spiro atoms. The van der Waals surface area contributed by atoms with Crippen molar-refractivity contribution in [3.8, 4) is 5.75 Å². The van der Waals surface area contributed by atoms with Gasteiger partial charge in [-0.3, -0.25) is 9.78 Å². The van der Waals surface area contributed by atoms with Crippen LogP contribution in [0, 0.1) is 6.92 Å². The van der Waals surface area contributed by atoms with Crippen molar-refractivity contribution in [1.29, 1.82) is 0 Å². The minimum Gasteiger partial charge on any atom is -0.497 e. The van der Waals surface area contributed by atoms with E-state index in [1.807, 2.05) is 67.6 Å². The zero-order valence-corrected chi connectivity index (χ0v) is 14.3. The Morgan fingerprint density at radius 1 is 1.08 bits per heavy atom. The quantitative estimate of drug-likeness (QED) is 0.701. The number of aryl methyl sites for hydroxylation is 1. The van der Waals surface area contributed by atoms with Gasteiger partial charge in [-0.25, -0.2) is 0 Å². The first-order valence-electron chi connectivity index (χ1n) is 8.09. The molecule has 1 amide bonds. The van der Waals surface area contributed by atoms with Crippen LogP contribution in [-0.4, -0.2) is 18.0 Å². The fraction of sp³-hybridized carbons (Fsp3) is 0.143. The Bertz CT molecular complexity index is 863. The van der Waals surface area contributed by atoms with Crippen LogP contribution in [0.3, 0.4) is 0 Å². The van der Waals surface area contributed by atoms with E-state index < -0.39 is 0 Å². The fourth-order valence-corrected chi connectivity index (χ4v) is 2.69. The van der Waals surface area contributed by atoms with Gasteiger partial charge in [-0.15, -0.1) is 0 Å². The zero-order chi connectivity index (χ0) is 17.6. The summed E-state index contributed by atoms with van der Waals surface area (Å²) >= 11 is 0. The van der Waals surface area contributed by atoms with Crippen molar-refractivity contribution in [2.75, 3.05) is 12.0 Å². The lowest BCUT2D eigenvalue weighted by atomic mass is 10.1. The van der Waals surface area contributed by atoms with E-state index in [4.69, 9.17) is 4.74 Å². The maximum absolute atomic E-state index is 13.2. The molecule has 0 bridgehead atoms. The second-order valence-corrected chi connectivity index (χ2v) is 5.77. The third-order valence-corrected chi connectivity index (χ3v) is 4.05. The molecule has 0 fully saturated rings. The first-order valence-corrected chi connectivity index (χ1v) is 8.09. The number of pyridine rings is 1. The van der Waals surface area contributed by atoms with E-state index in [1.165, 1.54) is 0 Å². The van der Waals surface area contributed by atoms with Gasteiger partial charge in [-0.2, -0.15) is 0 Å². The molecule has 25 heavy (non-hydrogen) atoms. The van der Waals surface area contributed by atoms with E-state index in [0.29, 0.717) is 17.9 Å². The number of carbonyl (C=O) groups excluding carboxylic acids is 1. The molecule has 0 aliphatic rings. The Hall–Kier alpha value is -3.14. The lowest BCUT2D eigenvalue weighted by Crippen LogP contribution is -2.31. The van der Waals surface area contributed by atoms with E-state index in [9.17, 15) is 4.79 Å². The van der Waals surface area contributed by atoms with Crippen molar-refractivity contribution < 1.29 is 9.53 Å². The normalized spacial score (nSPS) is 10.3. The number of anilines is 1. The monoisotopic (exact) mass is 332 g/mol. The molecule has 126 valence electrons. The number of nitrogens with zero attached hydrogens (tertiary/aromatic N) is 2. The fourth-order valence-electron chi connectivity index (χ4n) is 2.69. The highest BCUT2D eigenvalue weighted by Gasteiger charge is 2.20. The molecule has 0 aliphatic carbocycles. The molecule has 0 saturated carbocycles. The summed E-state index contributed by atoms with van der Waals surface area (Å²) < 4.78 is 5.31. The van der Waals surface area contributed by atoms with Crippen molar-refractivity contribution in [3.63, 3.8) is 0 Å². The van der Waals surface area contributed by atoms with E-state index in [0.717, 1.165) is 16.8 Å². The summed E-state index contributed by atoms with van der Waals surface area (Å²) in [5.74, 6) is 0.668. The van der Waals surface area contributed by atoms with Crippen LogP contribution in [0.1, 0.15) is 21.5 Å². The second-order valence-electron chi connectivity index (χ2n) is 5.77. The van der Waals surface area contributed by atoms with E-state index in [2.05, 4.69) is 4.98 Å². The van der Waals surface area contributed by atoms with Gasteiger partial charge in [0.1, 0.15) is 5.75 Å². The van der Waals surface area contributed by atoms with Crippen LogP contribution >= 0.6 is 0 Å². The van der Waals surface area contributed by atoms with Gasteiger partial charge < -0.3 is 9.64 Å². The van der Waals surface area contributed by atoms with Gasteiger partial charge in [-0.1, -0.05) is 30.3 Å². The van der Waals surface area contributed by atoms with Gasteiger partial charge in [0.25, 0.3) is 5.91 Å². The summed E-state index contributed by atoms with van der Waals surface area (Å²) in [4.78, 5) is 19.1. The molecule has 3 rings (SSSR count). The number of hydrogen-bond donors (Lipinski definition) is 0. The van der Waals surface area contributed by atoms with Crippen molar-refractivity contribution >= 4 is 11.6 Å². The van der Waals surface area contributed by atoms with Crippen LogP contribution in [0.25, 0.3) is 0 Å². The van der Waals surface area contributed by atoms with Crippen molar-refractivity contribution in [1.82, 2.24) is 4.98 Å². The van der Waals surface area contributed by atoms with Gasteiger partial charge in [0.2, 0.25) is 0 Å². The van der Waals surface area contributed by atoms with E-state index >= 15 is 0 Å². The molecule has 2 aromatic carbocycles. The van der Waals surface area contributed by atoms with Gasteiger partial charge in [0.15, 0.2) is 0 Å². The minimum atomic E-state index is -0.0461. The summed E-state index contributed by atoms with van der Waals surface area (Å²) in [5, 5.41) is 0. The highest BCUT2D eigenvalue weighted by atomic mass is 16.5. The predicted molar refractivity (Wildman–Crippen MR) is 98.9 cm³/mol. The van der Waals surface area contributed by atoms with Crippen LogP contribution < -0.4 is 9.64 Å². The van der Waals surface area contributed by atoms with Gasteiger partial charge >= 0.3 is 0 Å². The highest BCUT2D eigenvalue weighted by molar-refractivity contribution is 6.07. The summed E-state index contributed by atoms with van der Waals surface area (Å²) in [6, 6.07) is 19.0. The molecular formula is C21H20N2O2. The molecule has 0 aliphatic heterocycles. The summed E-state index contributed by atoms with van der Waals surface area (Å²) in [6.45, 7) is 2.38. The number of benzene rings is 2. The van der Waals surface area contributed by atoms with Crippen molar-refractivity contribution in [2.24, 2.45) is 0 Å². The Labute approximate surface area is 147 Å². The van der Waals surface area contributed by atoms with Gasteiger partial charge in [0.05, 0.1) is 13.7 Å². The van der Waals surface area contributed by atoms with Crippen molar-refractivity contribution in [2.45, 2.75) is 13.5 Å². The molecule has 4 nitrogen and oxygen atoms in total. The molecule has 1 heterocycles. The van der Waals surface area contributed by atoms with Crippen LogP contribution in [0.5, 0.6) is 5.75 Å². The van der Waals surface area contributed by atoms with Crippen LogP contribution in [0.2, 0.25) is 0 Å². The maximum atomic E-state index is 13.2. The molecule has 0 unspecified atom stereocenters. The molecular weight excluding hydrogens is 312 g/mol. The topological polar surface area (TPSA) is 42.4 Å². The van der Waals surface area contributed by atoms with Gasteiger partial charge in [-0.05, 0) is 42.3 Å².